The second-order valence-electron chi connectivity index (χ2n) is 8.25. The Morgan fingerprint density at radius 3 is 1.97 bits per heavy atom. The van der Waals surface area contributed by atoms with Crippen molar-refractivity contribution >= 4 is 17.8 Å². The molecule has 0 bridgehead atoms. The Hall–Kier alpha value is -3.69. The molecular weight excluding hydrogens is 528 g/mol. The number of likely N-dealkylation sites (tertiary alicyclic amines) is 1. The molecule has 0 saturated carbocycles. The number of fused-ring (bicyclic) bond motifs is 1. The van der Waals surface area contributed by atoms with Gasteiger partial charge in [0.25, 0.3) is 5.91 Å². The number of rotatable bonds is 3. The molecule has 210 valence electrons. The summed E-state index contributed by atoms with van der Waals surface area (Å²) in [6.07, 6.45) is -0.753. The number of carbonyl (C=O) groups is 3. The van der Waals surface area contributed by atoms with E-state index in [0.717, 1.165) is 31.2 Å². The van der Waals surface area contributed by atoms with Gasteiger partial charge in [-0.15, -0.1) is 0 Å². The number of pyridine rings is 1. The summed E-state index contributed by atoms with van der Waals surface area (Å²) in [5, 5.41) is 14.2. The van der Waals surface area contributed by atoms with Crippen LogP contribution in [0, 0.1) is 0 Å². The van der Waals surface area contributed by atoms with E-state index in [9.17, 15) is 31.1 Å². The van der Waals surface area contributed by atoms with Crippen molar-refractivity contribution in [1.82, 2.24) is 24.3 Å². The molecule has 0 aliphatic carbocycles. The molecule has 2 aromatic rings. The van der Waals surface area contributed by atoms with Gasteiger partial charge in [0.1, 0.15) is 5.82 Å². The lowest BCUT2D eigenvalue weighted by molar-refractivity contribution is -0.193. The minimum Gasteiger partial charge on any atom is -0.475 e. The molecule has 2 N–H and O–H groups in total. The second-order valence-corrected chi connectivity index (χ2v) is 8.25. The summed E-state index contributed by atoms with van der Waals surface area (Å²) in [7, 11) is 0. The summed E-state index contributed by atoms with van der Waals surface area (Å²) in [6.45, 7) is 5.39. The monoisotopic (exact) mass is 553 g/mol. The van der Waals surface area contributed by atoms with Crippen LogP contribution in [0.25, 0.3) is 0 Å². The molecule has 1 fully saturated rings. The molecule has 1 saturated heterocycles. The molecule has 16 heteroatoms. The summed E-state index contributed by atoms with van der Waals surface area (Å²) in [5.74, 6) is -4.49. The topological polar surface area (TPSA) is 129 Å². The van der Waals surface area contributed by atoms with Gasteiger partial charge in [-0.05, 0) is 38.1 Å². The van der Waals surface area contributed by atoms with E-state index in [1.165, 1.54) is 32.4 Å². The maximum atomic E-state index is 12.6. The standard InChI is InChI=1S/C18H23N5O.2C2HF3O2/c24-18(15-5-4-6-19-11-15)23-10-9-22-13-16(20-17(22)14-23)12-21-7-2-1-3-8-21;2*3-2(4,5)1(6)7/h4-6,11,13H,1-3,7-10,12,14H2;2*(H,6,7). The Balaban J connectivity index is 0.000000301. The van der Waals surface area contributed by atoms with E-state index in [4.69, 9.17) is 24.8 Å². The van der Waals surface area contributed by atoms with Crippen LogP contribution in [0.4, 0.5) is 26.3 Å². The van der Waals surface area contributed by atoms with E-state index in [2.05, 4.69) is 20.6 Å². The van der Waals surface area contributed by atoms with Crippen molar-refractivity contribution in [3.8, 4) is 0 Å². The van der Waals surface area contributed by atoms with Gasteiger partial charge in [-0.25, -0.2) is 14.6 Å². The van der Waals surface area contributed by atoms with Gasteiger partial charge in [-0.3, -0.25) is 14.7 Å². The quantitative estimate of drug-likeness (QED) is 0.555. The summed E-state index contributed by atoms with van der Waals surface area (Å²) in [4.78, 5) is 43.5. The van der Waals surface area contributed by atoms with E-state index < -0.39 is 24.3 Å². The van der Waals surface area contributed by atoms with Crippen LogP contribution < -0.4 is 0 Å². The van der Waals surface area contributed by atoms with Gasteiger partial charge >= 0.3 is 24.3 Å². The average molecular weight is 553 g/mol. The lowest BCUT2D eigenvalue weighted by Crippen LogP contribution is -2.38. The van der Waals surface area contributed by atoms with Crippen LogP contribution in [0.1, 0.15) is 41.1 Å². The number of amides is 1. The third kappa shape index (κ3) is 9.64. The summed E-state index contributed by atoms with van der Waals surface area (Å²) in [6, 6.07) is 3.62. The van der Waals surface area contributed by atoms with Gasteiger partial charge in [0.2, 0.25) is 0 Å². The minimum atomic E-state index is -5.08. The van der Waals surface area contributed by atoms with Crippen LogP contribution >= 0.6 is 0 Å². The first kappa shape index (κ1) is 30.5. The number of carboxylic acids is 2. The molecule has 1 amide bonds. The smallest absolute Gasteiger partial charge is 0.475 e. The molecule has 2 aliphatic heterocycles. The number of piperidine rings is 1. The number of carbonyl (C=O) groups excluding carboxylic acids is 1. The van der Waals surface area contributed by atoms with Crippen molar-refractivity contribution in [2.75, 3.05) is 19.6 Å². The number of halogens is 6. The summed E-state index contributed by atoms with van der Waals surface area (Å²) < 4.78 is 65.7. The Morgan fingerprint density at radius 2 is 1.47 bits per heavy atom. The lowest BCUT2D eigenvalue weighted by atomic mass is 10.1. The van der Waals surface area contributed by atoms with E-state index in [-0.39, 0.29) is 5.91 Å². The van der Waals surface area contributed by atoms with Crippen LogP contribution in [0.5, 0.6) is 0 Å². The second kappa shape index (κ2) is 13.2. The SMILES string of the molecule is O=C(O)C(F)(F)F.O=C(O)C(F)(F)F.O=C(c1cccnc1)N1CCn2cc(CN3CCCCC3)nc2C1. The van der Waals surface area contributed by atoms with Gasteiger partial charge in [-0.2, -0.15) is 26.3 Å². The van der Waals surface area contributed by atoms with Crippen LogP contribution in [0.3, 0.4) is 0 Å². The first-order valence-electron chi connectivity index (χ1n) is 11.2. The predicted octanol–water partition coefficient (Wildman–Crippen LogP) is 3.19. The third-order valence-electron chi connectivity index (χ3n) is 5.37. The normalized spacial score (nSPS) is 15.8. The first-order chi connectivity index (χ1) is 17.7. The Bertz CT molecular complexity index is 1060. The van der Waals surface area contributed by atoms with Crippen molar-refractivity contribution in [2.45, 2.75) is 51.2 Å². The Kier molecular flexibility index (Phi) is 10.6. The minimum absolute atomic E-state index is 0.0370. The maximum Gasteiger partial charge on any atom is 0.490 e. The number of aromatic nitrogens is 3. The van der Waals surface area contributed by atoms with Crippen LogP contribution in [-0.4, -0.2) is 84.4 Å². The fourth-order valence-corrected chi connectivity index (χ4v) is 3.58. The Labute approximate surface area is 212 Å². The zero-order valence-electron chi connectivity index (χ0n) is 19.9. The highest BCUT2D eigenvalue weighted by Gasteiger charge is 2.38. The molecule has 0 unspecified atom stereocenters. The molecule has 4 heterocycles. The van der Waals surface area contributed by atoms with E-state index >= 15 is 0 Å². The third-order valence-corrected chi connectivity index (χ3v) is 5.37. The highest BCUT2D eigenvalue weighted by molar-refractivity contribution is 5.93. The molecular formula is C22H25F6N5O5. The fourth-order valence-electron chi connectivity index (χ4n) is 3.58. The number of hydrogen-bond donors (Lipinski definition) is 2. The van der Waals surface area contributed by atoms with Crippen LogP contribution in [0.15, 0.2) is 30.7 Å². The van der Waals surface area contributed by atoms with Gasteiger partial charge < -0.3 is 19.7 Å². The average Bonchev–Trinajstić information content (AvgIpc) is 3.26. The van der Waals surface area contributed by atoms with Crippen LogP contribution in [-0.2, 0) is 29.2 Å². The largest absolute Gasteiger partial charge is 0.490 e. The number of alkyl halides is 6. The van der Waals surface area contributed by atoms with Crippen molar-refractivity contribution in [3.63, 3.8) is 0 Å². The van der Waals surface area contributed by atoms with Gasteiger partial charge in [0, 0.05) is 38.2 Å². The number of imidazole rings is 1. The molecule has 0 radical (unpaired) electrons. The first-order valence-corrected chi connectivity index (χ1v) is 11.2. The lowest BCUT2D eigenvalue weighted by Gasteiger charge is -2.27. The van der Waals surface area contributed by atoms with E-state index in [0.29, 0.717) is 12.1 Å². The van der Waals surface area contributed by atoms with Gasteiger partial charge in [0.05, 0.1) is 17.8 Å². The molecule has 0 spiro atoms. The molecule has 2 aromatic heterocycles. The molecule has 10 nitrogen and oxygen atoms in total. The van der Waals surface area contributed by atoms with Crippen molar-refractivity contribution in [2.24, 2.45) is 0 Å². The molecule has 4 rings (SSSR count). The summed E-state index contributed by atoms with van der Waals surface area (Å²) in [5.41, 5.74) is 1.77. The van der Waals surface area contributed by atoms with E-state index in [1.807, 2.05) is 11.0 Å². The van der Waals surface area contributed by atoms with Crippen molar-refractivity contribution < 1.29 is 50.9 Å². The van der Waals surface area contributed by atoms with Crippen LogP contribution in [0.2, 0.25) is 0 Å². The fraction of sp³-hybridized carbons (Fsp3) is 0.500. The zero-order valence-corrected chi connectivity index (χ0v) is 19.9. The van der Waals surface area contributed by atoms with Gasteiger partial charge in [-0.1, -0.05) is 6.42 Å². The molecule has 0 aromatic carbocycles. The number of carboxylic acid groups (broad SMARTS) is 2. The molecule has 2 aliphatic rings. The number of aliphatic carboxylic acids is 2. The number of nitrogens with zero attached hydrogens (tertiary/aromatic N) is 5. The predicted molar refractivity (Wildman–Crippen MR) is 118 cm³/mol. The van der Waals surface area contributed by atoms with Crippen molar-refractivity contribution in [3.05, 3.63) is 47.8 Å². The van der Waals surface area contributed by atoms with E-state index in [1.54, 1.807) is 18.5 Å². The highest BCUT2D eigenvalue weighted by Crippen LogP contribution is 2.18. The zero-order chi connectivity index (χ0) is 28.5. The maximum absolute atomic E-state index is 12.6. The van der Waals surface area contributed by atoms with Gasteiger partial charge in [0.15, 0.2) is 0 Å². The molecule has 38 heavy (non-hydrogen) atoms. The number of hydrogen-bond acceptors (Lipinski definition) is 6. The van der Waals surface area contributed by atoms with Crippen molar-refractivity contribution in [1.29, 1.82) is 0 Å². The summed E-state index contributed by atoms with van der Waals surface area (Å²) >= 11 is 0. The molecule has 0 atom stereocenters. The highest BCUT2D eigenvalue weighted by atomic mass is 19.4. The Morgan fingerprint density at radius 1 is 0.895 bits per heavy atom.